The fraction of sp³-hybridized carbons (Fsp3) is 0.500. The van der Waals surface area contributed by atoms with Gasteiger partial charge in [0.2, 0.25) is 0 Å². The Morgan fingerprint density at radius 1 is 1.00 bits per heavy atom. The second-order valence-corrected chi connectivity index (χ2v) is 7.57. The molecule has 0 spiro atoms. The average molecular weight is 416 g/mol. The van der Waals surface area contributed by atoms with Gasteiger partial charge in [-0.1, -0.05) is 17.3 Å². The van der Waals surface area contributed by atoms with E-state index in [1.54, 1.807) is 30.5 Å². The van der Waals surface area contributed by atoms with Crippen molar-refractivity contribution in [3.8, 4) is 0 Å². The predicted molar refractivity (Wildman–Crippen MR) is 103 cm³/mol. The van der Waals surface area contributed by atoms with E-state index >= 15 is 0 Å². The van der Waals surface area contributed by atoms with Gasteiger partial charge in [-0.05, 0) is 31.4 Å². The van der Waals surface area contributed by atoms with Gasteiger partial charge < -0.3 is 20.1 Å². The van der Waals surface area contributed by atoms with Crippen LogP contribution in [0.2, 0.25) is 0 Å². The molecule has 3 N–H and O–H groups in total. The van der Waals surface area contributed by atoms with Gasteiger partial charge in [-0.15, -0.1) is 5.10 Å². The highest BCUT2D eigenvalue weighted by Gasteiger charge is 2.42. The van der Waals surface area contributed by atoms with Crippen LogP contribution in [0.25, 0.3) is 0 Å². The van der Waals surface area contributed by atoms with E-state index in [-0.39, 0.29) is 25.0 Å². The van der Waals surface area contributed by atoms with E-state index in [1.165, 1.54) is 9.58 Å². The molecule has 1 fully saturated rings. The lowest BCUT2D eigenvalue weighted by Crippen LogP contribution is -2.35. The zero-order valence-corrected chi connectivity index (χ0v) is 16.3. The molecule has 0 radical (unpaired) electrons. The Kier molecular flexibility index (Phi) is 5.91. The molecule has 2 aliphatic heterocycles. The van der Waals surface area contributed by atoms with Crippen molar-refractivity contribution in [1.82, 2.24) is 19.9 Å². The lowest BCUT2D eigenvalue weighted by molar-refractivity contribution is -0.0276. The van der Waals surface area contributed by atoms with Gasteiger partial charge in [-0.25, -0.2) is 4.68 Å². The van der Waals surface area contributed by atoms with Crippen LogP contribution in [0.5, 0.6) is 0 Å². The van der Waals surface area contributed by atoms with E-state index in [4.69, 9.17) is 9.84 Å². The molecule has 1 aromatic heterocycles. The molecule has 2 amide bonds. The third kappa shape index (κ3) is 3.86. The SMILES string of the molecule is O=C1c2ccccc2C(=O)N1CCCCc1cn(C[C@@H]2O[C@H](CO)[C@@H](O)[C@@H]2O)nn1. The molecule has 0 bridgehead atoms. The summed E-state index contributed by atoms with van der Waals surface area (Å²) < 4.78 is 6.97. The minimum atomic E-state index is -1.13. The van der Waals surface area contributed by atoms with Crippen LogP contribution in [0, 0.1) is 0 Å². The van der Waals surface area contributed by atoms with Crippen molar-refractivity contribution in [3.05, 3.63) is 47.3 Å². The summed E-state index contributed by atoms with van der Waals surface area (Å²) in [5.41, 5.74) is 1.65. The number of fused-ring (bicyclic) bond motifs is 1. The van der Waals surface area contributed by atoms with Crippen LogP contribution in [0.15, 0.2) is 30.5 Å². The molecular weight excluding hydrogens is 392 g/mol. The number of aliphatic hydroxyl groups excluding tert-OH is 3. The Balaban J connectivity index is 1.24. The van der Waals surface area contributed by atoms with Crippen molar-refractivity contribution in [2.45, 2.75) is 50.2 Å². The Morgan fingerprint density at radius 3 is 2.30 bits per heavy atom. The number of amides is 2. The van der Waals surface area contributed by atoms with Crippen molar-refractivity contribution >= 4 is 11.8 Å². The van der Waals surface area contributed by atoms with Crippen LogP contribution in [0.4, 0.5) is 0 Å². The standard InChI is InChI=1S/C20H24N4O6/c25-11-16-18(27)17(26)15(30-16)10-23-9-12(21-22-23)5-3-4-8-24-19(28)13-6-1-2-7-14(13)20(24)29/h1-2,6-7,9,15-18,25-27H,3-5,8,10-11H2/t15-,16+,17+,18+/m0/s1. The van der Waals surface area contributed by atoms with Crippen molar-refractivity contribution in [2.75, 3.05) is 13.2 Å². The van der Waals surface area contributed by atoms with Crippen molar-refractivity contribution in [1.29, 1.82) is 0 Å². The van der Waals surface area contributed by atoms with E-state index in [1.807, 2.05) is 0 Å². The number of aryl methyl sites for hydroxylation is 1. The molecule has 1 aromatic carbocycles. The predicted octanol–water partition coefficient (Wildman–Crippen LogP) is -0.621. The van der Waals surface area contributed by atoms with Crippen LogP contribution in [-0.2, 0) is 17.7 Å². The van der Waals surface area contributed by atoms with Crippen molar-refractivity contribution in [2.24, 2.45) is 0 Å². The second kappa shape index (κ2) is 8.60. The lowest BCUT2D eigenvalue weighted by Gasteiger charge is -2.13. The first-order chi connectivity index (χ1) is 14.5. The third-order valence-electron chi connectivity index (χ3n) is 5.54. The maximum Gasteiger partial charge on any atom is 0.261 e. The molecule has 2 aliphatic rings. The number of hydrogen-bond donors (Lipinski definition) is 3. The number of aromatic nitrogens is 3. The molecule has 4 atom stereocenters. The molecule has 0 unspecified atom stereocenters. The molecular formula is C20H24N4O6. The molecule has 30 heavy (non-hydrogen) atoms. The van der Waals surface area contributed by atoms with Gasteiger partial charge in [0, 0.05) is 12.7 Å². The molecule has 160 valence electrons. The zero-order chi connectivity index (χ0) is 21.3. The fourth-order valence-electron chi connectivity index (χ4n) is 3.87. The number of unbranched alkanes of at least 4 members (excludes halogenated alkanes) is 1. The molecule has 0 saturated carbocycles. The largest absolute Gasteiger partial charge is 0.394 e. The molecule has 10 nitrogen and oxygen atoms in total. The Labute approximate surface area is 172 Å². The minimum absolute atomic E-state index is 0.205. The third-order valence-corrected chi connectivity index (χ3v) is 5.54. The Bertz CT molecular complexity index is 897. The molecule has 3 heterocycles. The number of carbonyl (C=O) groups excluding carboxylic acids is 2. The van der Waals surface area contributed by atoms with Gasteiger partial charge in [0.15, 0.2) is 0 Å². The van der Waals surface area contributed by atoms with E-state index in [2.05, 4.69) is 10.3 Å². The highest BCUT2D eigenvalue weighted by molar-refractivity contribution is 6.21. The Morgan fingerprint density at radius 2 is 1.67 bits per heavy atom. The smallest absolute Gasteiger partial charge is 0.261 e. The summed E-state index contributed by atoms with van der Waals surface area (Å²) in [6, 6.07) is 6.83. The zero-order valence-electron chi connectivity index (χ0n) is 16.3. The van der Waals surface area contributed by atoms with E-state index < -0.39 is 24.4 Å². The quantitative estimate of drug-likeness (QED) is 0.382. The van der Waals surface area contributed by atoms with Crippen LogP contribution in [-0.4, -0.2) is 84.6 Å². The highest BCUT2D eigenvalue weighted by Crippen LogP contribution is 2.23. The van der Waals surface area contributed by atoms with Gasteiger partial charge in [-0.2, -0.15) is 0 Å². The summed E-state index contributed by atoms with van der Waals surface area (Å²) in [6.07, 6.45) is -0.00143. The number of aliphatic hydroxyl groups is 3. The summed E-state index contributed by atoms with van der Waals surface area (Å²) in [5.74, 6) is -0.500. The molecule has 4 rings (SSSR count). The molecule has 1 saturated heterocycles. The average Bonchev–Trinajstić information content (AvgIpc) is 3.39. The first-order valence-electron chi connectivity index (χ1n) is 9.96. The minimum Gasteiger partial charge on any atom is -0.394 e. The highest BCUT2D eigenvalue weighted by atomic mass is 16.6. The summed E-state index contributed by atoms with van der Waals surface area (Å²) in [5, 5.41) is 37.1. The van der Waals surface area contributed by atoms with Crippen LogP contribution in [0.1, 0.15) is 39.3 Å². The maximum absolute atomic E-state index is 12.3. The lowest BCUT2D eigenvalue weighted by atomic mass is 10.1. The first kappa shape index (κ1) is 20.6. The monoisotopic (exact) mass is 416 g/mol. The number of hydrogen-bond acceptors (Lipinski definition) is 8. The van der Waals surface area contributed by atoms with Gasteiger partial charge in [0.1, 0.15) is 24.4 Å². The fourth-order valence-corrected chi connectivity index (χ4v) is 3.87. The van der Waals surface area contributed by atoms with Crippen LogP contribution >= 0.6 is 0 Å². The van der Waals surface area contributed by atoms with Gasteiger partial charge in [-0.3, -0.25) is 14.5 Å². The number of ether oxygens (including phenoxy) is 1. The van der Waals surface area contributed by atoms with Gasteiger partial charge in [0.05, 0.1) is 30.0 Å². The maximum atomic E-state index is 12.3. The number of rotatable bonds is 8. The van der Waals surface area contributed by atoms with E-state index in [0.29, 0.717) is 30.5 Å². The molecule has 10 heteroatoms. The van der Waals surface area contributed by atoms with E-state index in [9.17, 15) is 19.8 Å². The van der Waals surface area contributed by atoms with Crippen molar-refractivity contribution < 1.29 is 29.6 Å². The van der Waals surface area contributed by atoms with Gasteiger partial charge >= 0.3 is 0 Å². The number of imide groups is 1. The molecule has 2 aromatic rings. The topological polar surface area (TPSA) is 138 Å². The van der Waals surface area contributed by atoms with Gasteiger partial charge in [0.25, 0.3) is 11.8 Å². The van der Waals surface area contributed by atoms with Crippen molar-refractivity contribution in [3.63, 3.8) is 0 Å². The summed E-state index contributed by atoms with van der Waals surface area (Å²) in [4.78, 5) is 26.0. The first-order valence-corrected chi connectivity index (χ1v) is 9.96. The van der Waals surface area contributed by atoms with E-state index in [0.717, 1.165) is 12.1 Å². The second-order valence-electron chi connectivity index (χ2n) is 7.57. The number of carbonyl (C=O) groups is 2. The number of nitrogens with zero attached hydrogens (tertiary/aromatic N) is 4. The number of benzene rings is 1. The Hall–Kier alpha value is -2.66. The normalized spacial score (nSPS) is 25.9. The molecule has 0 aliphatic carbocycles. The summed E-state index contributed by atoms with van der Waals surface area (Å²) in [7, 11) is 0. The summed E-state index contributed by atoms with van der Waals surface area (Å²) in [6.45, 7) is 0.185. The summed E-state index contributed by atoms with van der Waals surface area (Å²) >= 11 is 0. The van der Waals surface area contributed by atoms with Crippen LogP contribution in [0.3, 0.4) is 0 Å². The van der Waals surface area contributed by atoms with Crippen LogP contribution < -0.4 is 0 Å².